The van der Waals surface area contributed by atoms with E-state index in [9.17, 15) is 0 Å². The molecule has 0 bridgehead atoms. The second kappa shape index (κ2) is 4.71. The van der Waals surface area contributed by atoms with Crippen LogP contribution in [0.15, 0.2) is 18.6 Å². The molecule has 0 aliphatic rings. The Morgan fingerprint density at radius 2 is 2.06 bits per heavy atom. The molecule has 0 spiro atoms. The van der Waals surface area contributed by atoms with Crippen molar-refractivity contribution in [3.8, 4) is 11.5 Å². The quantitative estimate of drug-likeness (QED) is 0.827. The molecular weight excluding hydrogens is 232 g/mol. The van der Waals surface area contributed by atoms with Gasteiger partial charge in [0.25, 0.3) is 0 Å². The van der Waals surface area contributed by atoms with Gasteiger partial charge in [-0.05, 0) is 12.8 Å². The molecule has 0 atom stereocenters. The van der Waals surface area contributed by atoms with Crippen LogP contribution in [-0.2, 0) is 0 Å². The number of nitrogens with zero attached hydrogens (tertiary/aromatic N) is 3. The summed E-state index contributed by atoms with van der Waals surface area (Å²) in [5.41, 5.74) is 2.84. The van der Waals surface area contributed by atoms with Gasteiger partial charge in [0, 0.05) is 23.7 Å². The van der Waals surface area contributed by atoms with Gasteiger partial charge in [0.05, 0.1) is 6.20 Å². The van der Waals surface area contributed by atoms with Crippen LogP contribution in [0.5, 0.6) is 0 Å². The maximum Gasteiger partial charge on any atom is 0.159 e. The monoisotopic (exact) mass is 246 g/mol. The molecule has 0 amide bonds. The first-order chi connectivity index (χ1) is 8.09. The number of aromatic nitrogens is 4. The van der Waals surface area contributed by atoms with Crippen molar-refractivity contribution in [2.75, 3.05) is 0 Å². The molecular formula is C12H14N4S. The lowest BCUT2D eigenvalue weighted by atomic mass is 10.0. The Morgan fingerprint density at radius 3 is 2.59 bits per heavy atom. The molecule has 2 aromatic rings. The number of hydrogen-bond acceptors (Lipinski definition) is 4. The van der Waals surface area contributed by atoms with E-state index < -0.39 is 0 Å². The van der Waals surface area contributed by atoms with E-state index in [2.05, 4.69) is 33.8 Å². The molecule has 1 N–H and O–H groups in total. The second-order valence-electron chi connectivity index (χ2n) is 4.17. The summed E-state index contributed by atoms with van der Waals surface area (Å²) in [7, 11) is 0. The van der Waals surface area contributed by atoms with E-state index in [0.29, 0.717) is 22.1 Å². The fourth-order valence-electron chi connectivity index (χ4n) is 1.82. The zero-order chi connectivity index (χ0) is 12.4. The number of nitrogens with one attached hydrogen (secondary N) is 1. The Balaban J connectivity index is 2.58. The van der Waals surface area contributed by atoms with Crippen LogP contribution in [0.2, 0.25) is 0 Å². The van der Waals surface area contributed by atoms with Crippen LogP contribution in [0, 0.1) is 11.6 Å². The Morgan fingerprint density at radius 1 is 1.29 bits per heavy atom. The number of rotatable bonds is 2. The fourth-order valence-corrected chi connectivity index (χ4v) is 2.30. The minimum absolute atomic E-state index is 0.363. The highest BCUT2D eigenvalue weighted by Crippen LogP contribution is 2.20. The van der Waals surface area contributed by atoms with Crippen LogP contribution in [0.4, 0.5) is 0 Å². The van der Waals surface area contributed by atoms with E-state index in [0.717, 1.165) is 11.3 Å². The average Bonchev–Trinajstić information content (AvgIpc) is 2.28. The predicted octanol–water partition coefficient (Wildman–Crippen LogP) is 3.03. The van der Waals surface area contributed by atoms with Crippen LogP contribution in [-0.4, -0.2) is 19.9 Å². The SMILES string of the molecule is Cc1[nH]c(-c2cnccn2)nc(=S)c1C(C)C. The van der Waals surface area contributed by atoms with Crippen molar-refractivity contribution < 1.29 is 0 Å². The summed E-state index contributed by atoms with van der Waals surface area (Å²) >= 11 is 5.32. The van der Waals surface area contributed by atoms with Gasteiger partial charge in [-0.3, -0.25) is 4.98 Å². The molecule has 2 rings (SSSR count). The van der Waals surface area contributed by atoms with Gasteiger partial charge in [-0.25, -0.2) is 9.97 Å². The van der Waals surface area contributed by atoms with Crippen LogP contribution < -0.4 is 0 Å². The van der Waals surface area contributed by atoms with Crippen molar-refractivity contribution in [1.29, 1.82) is 0 Å². The standard InChI is InChI=1S/C12H14N4S/c1-7(2)10-8(3)15-11(16-12(10)17)9-6-13-4-5-14-9/h4-7H,1-3H3,(H,15,16,17). The van der Waals surface area contributed by atoms with Crippen LogP contribution in [0.25, 0.3) is 11.5 Å². The maximum atomic E-state index is 5.32. The molecule has 0 saturated heterocycles. The van der Waals surface area contributed by atoms with Gasteiger partial charge in [-0.2, -0.15) is 0 Å². The zero-order valence-electron chi connectivity index (χ0n) is 10.1. The fraction of sp³-hybridized carbons (Fsp3) is 0.333. The molecule has 0 radical (unpaired) electrons. The zero-order valence-corrected chi connectivity index (χ0v) is 10.9. The van der Waals surface area contributed by atoms with E-state index >= 15 is 0 Å². The van der Waals surface area contributed by atoms with Gasteiger partial charge in [-0.1, -0.05) is 26.1 Å². The molecule has 4 nitrogen and oxygen atoms in total. The summed E-state index contributed by atoms with van der Waals surface area (Å²) in [6, 6.07) is 0. The molecule has 0 aromatic carbocycles. The van der Waals surface area contributed by atoms with Gasteiger partial charge in [0.15, 0.2) is 5.82 Å². The maximum absolute atomic E-state index is 5.32. The van der Waals surface area contributed by atoms with Crippen molar-refractivity contribution in [1.82, 2.24) is 19.9 Å². The lowest BCUT2D eigenvalue weighted by Gasteiger charge is -2.11. The van der Waals surface area contributed by atoms with Gasteiger partial charge in [0.1, 0.15) is 10.3 Å². The lowest BCUT2D eigenvalue weighted by molar-refractivity contribution is 0.824. The summed E-state index contributed by atoms with van der Waals surface area (Å²) in [6.45, 7) is 6.22. The highest BCUT2D eigenvalue weighted by molar-refractivity contribution is 7.71. The second-order valence-corrected chi connectivity index (χ2v) is 4.56. The highest BCUT2D eigenvalue weighted by atomic mass is 32.1. The first-order valence-electron chi connectivity index (χ1n) is 5.46. The first-order valence-corrected chi connectivity index (χ1v) is 5.87. The molecule has 17 heavy (non-hydrogen) atoms. The van der Waals surface area contributed by atoms with E-state index in [4.69, 9.17) is 12.2 Å². The summed E-state index contributed by atoms with van der Waals surface area (Å²) in [6.07, 6.45) is 4.94. The van der Waals surface area contributed by atoms with Crippen molar-refractivity contribution in [3.63, 3.8) is 0 Å². The molecule has 0 fully saturated rings. The number of H-pyrrole nitrogens is 1. The van der Waals surface area contributed by atoms with Crippen LogP contribution >= 0.6 is 12.2 Å². The molecule has 0 saturated carbocycles. The molecule has 88 valence electrons. The van der Waals surface area contributed by atoms with Gasteiger partial charge in [-0.15, -0.1) is 0 Å². The number of hydrogen-bond donors (Lipinski definition) is 1. The topological polar surface area (TPSA) is 54.5 Å². The molecule has 2 heterocycles. The summed E-state index contributed by atoms with van der Waals surface area (Å²) < 4.78 is 0.636. The third kappa shape index (κ3) is 2.39. The Bertz CT molecular complexity index is 575. The van der Waals surface area contributed by atoms with Crippen molar-refractivity contribution >= 4 is 12.2 Å². The molecule has 0 unspecified atom stereocenters. The van der Waals surface area contributed by atoms with E-state index in [1.807, 2.05) is 6.92 Å². The van der Waals surface area contributed by atoms with Crippen molar-refractivity contribution in [2.45, 2.75) is 26.7 Å². The van der Waals surface area contributed by atoms with Gasteiger partial charge >= 0.3 is 0 Å². The Hall–Kier alpha value is -1.62. The number of aryl methyl sites for hydroxylation is 1. The van der Waals surface area contributed by atoms with Crippen LogP contribution in [0.3, 0.4) is 0 Å². The predicted molar refractivity (Wildman–Crippen MR) is 69.3 cm³/mol. The Labute approximate surface area is 105 Å². The first kappa shape index (κ1) is 11.9. The van der Waals surface area contributed by atoms with Gasteiger partial charge < -0.3 is 4.98 Å². The summed E-state index contributed by atoms with van der Waals surface area (Å²) in [5, 5.41) is 0. The third-order valence-electron chi connectivity index (χ3n) is 2.54. The molecule has 5 heteroatoms. The average molecular weight is 246 g/mol. The minimum atomic E-state index is 0.363. The van der Waals surface area contributed by atoms with E-state index in [1.54, 1.807) is 18.6 Å². The largest absolute Gasteiger partial charge is 0.342 e. The van der Waals surface area contributed by atoms with Crippen LogP contribution in [0.1, 0.15) is 31.0 Å². The molecule has 2 aromatic heterocycles. The van der Waals surface area contributed by atoms with Crippen molar-refractivity contribution in [3.05, 3.63) is 34.5 Å². The summed E-state index contributed by atoms with van der Waals surface area (Å²) in [5.74, 6) is 1.03. The summed E-state index contributed by atoms with van der Waals surface area (Å²) in [4.78, 5) is 15.8. The van der Waals surface area contributed by atoms with E-state index in [1.165, 1.54) is 0 Å². The Kier molecular flexibility index (Phi) is 3.28. The number of aromatic amines is 1. The van der Waals surface area contributed by atoms with Gasteiger partial charge in [0.2, 0.25) is 0 Å². The molecule has 0 aliphatic heterocycles. The van der Waals surface area contributed by atoms with E-state index in [-0.39, 0.29) is 0 Å². The highest BCUT2D eigenvalue weighted by Gasteiger charge is 2.10. The minimum Gasteiger partial charge on any atom is -0.342 e. The lowest BCUT2D eigenvalue weighted by Crippen LogP contribution is -2.02. The third-order valence-corrected chi connectivity index (χ3v) is 2.85. The molecule has 0 aliphatic carbocycles. The van der Waals surface area contributed by atoms with Crippen molar-refractivity contribution in [2.24, 2.45) is 0 Å². The normalized spacial score (nSPS) is 10.8. The smallest absolute Gasteiger partial charge is 0.159 e.